The zero-order valence-electron chi connectivity index (χ0n) is 20.9. The van der Waals surface area contributed by atoms with Crippen molar-refractivity contribution in [3.8, 4) is 11.5 Å². The lowest BCUT2D eigenvalue weighted by molar-refractivity contribution is -0.121. The van der Waals surface area contributed by atoms with Crippen molar-refractivity contribution in [3.63, 3.8) is 0 Å². The fourth-order valence-electron chi connectivity index (χ4n) is 5.24. The number of ether oxygens (including phenoxy) is 2. The van der Waals surface area contributed by atoms with Crippen LogP contribution in [0.3, 0.4) is 0 Å². The zero-order valence-corrected chi connectivity index (χ0v) is 21.7. The number of carbonyl (C=O) groups is 2. The van der Waals surface area contributed by atoms with E-state index in [1.165, 1.54) is 0 Å². The molecule has 1 saturated carbocycles. The number of rotatable bonds is 6. The van der Waals surface area contributed by atoms with Gasteiger partial charge < -0.3 is 30.2 Å². The molecule has 1 atom stereocenters. The molecule has 2 heterocycles. The van der Waals surface area contributed by atoms with Gasteiger partial charge in [0, 0.05) is 47.8 Å². The summed E-state index contributed by atoms with van der Waals surface area (Å²) in [5.74, 6) is -0.460. The SMILES string of the molecule is CCc1cc(C)[nH]c(=O)c1CNC(=O)c1cc(Cl)c2c(c1C)OC(C)(C1CCC(NC(=O)O)CC1)O2. The minimum atomic E-state index is -1.02. The average Bonchev–Trinajstić information content (AvgIpc) is 3.20. The molecule has 4 N–H and O–H groups in total. The van der Waals surface area contributed by atoms with Gasteiger partial charge in [0.2, 0.25) is 0 Å². The summed E-state index contributed by atoms with van der Waals surface area (Å²) in [4.78, 5) is 39.3. The summed E-state index contributed by atoms with van der Waals surface area (Å²) in [5.41, 5.74) is 2.94. The number of nitrogens with one attached hydrogen (secondary N) is 3. The molecule has 9 nitrogen and oxygen atoms in total. The molecule has 194 valence electrons. The first-order chi connectivity index (χ1) is 17.0. The number of aromatic nitrogens is 1. The predicted octanol–water partition coefficient (Wildman–Crippen LogP) is 4.45. The molecule has 0 saturated heterocycles. The Morgan fingerprint density at radius 2 is 1.83 bits per heavy atom. The van der Waals surface area contributed by atoms with E-state index in [0.717, 1.165) is 24.1 Å². The Morgan fingerprint density at radius 1 is 1.17 bits per heavy atom. The quantitative estimate of drug-likeness (QED) is 0.448. The van der Waals surface area contributed by atoms with Crippen molar-refractivity contribution in [1.82, 2.24) is 15.6 Å². The third-order valence-electron chi connectivity index (χ3n) is 7.26. The molecule has 0 radical (unpaired) electrons. The minimum absolute atomic E-state index is 0.0326. The van der Waals surface area contributed by atoms with Crippen LogP contribution in [-0.4, -0.2) is 33.9 Å². The first kappa shape index (κ1) is 25.9. The van der Waals surface area contributed by atoms with Crippen molar-refractivity contribution in [2.45, 2.75) is 78.2 Å². The standard InChI is InChI=1S/C26H32ClN3O6/c1-5-15-10-13(2)29-24(32)19(15)12-28-23(31)18-11-20(27)22-21(14(18)3)35-26(4,36-22)16-6-8-17(9-7-16)30-25(33)34/h10-11,16-17,30H,5-9,12H2,1-4H3,(H,28,31)(H,29,32)(H,33,34). The van der Waals surface area contributed by atoms with Gasteiger partial charge in [0.25, 0.3) is 17.3 Å². The van der Waals surface area contributed by atoms with Crippen LogP contribution in [0.25, 0.3) is 0 Å². The number of pyridine rings is 1. The normalized spacial score (nSPS) is 22.8. The Bertz CT molecular complexity index is 1250. The highest BCUT2D eigenvalue weighted by atomic mass is 35.5. The van der Waals surface area contributed by atoms with Crippen molar-refractivity contribution in [3.05, 3.63) is 55.5 Å². The van der Waals surface area contributed by atoms with Crippen LogP contribution < -0.4 is 25.7 Å². The van der Waals surface area contributed by atoms with Gasteiger partial charge in [0.15, 0.2) is 11.5 Å². The molecule has 0 bridgehead atoms. The Kier molecular flexibility index (Phi) is 7.22. The van der Waals surface area contributed by atoms with Crippen molar-refractivity contribution in [2.24, 2.45) is 5.92 Å². The number of fused-ring (bicyclic) bond motifs is 1. The van der Waals surface area contributed by atoms with Crippen LogP contribution in [0.1, 0.15) is 72.3 Å². The molecule has 1 aromatic carbocycles. The largest absolute Gasteiger partial charge is 0.465 e. The molecular formula is C26H32ClN3O6. The van der Waals surface area contributed by atoms with Crippen molar-refractivity contribution >= 4 is 23.6 Å². The summed E-state index contributed by atoms with van der Waals surface area (Å²) in [6.45, 7) is 7.52. The maximum Gasteiger partial charge on any atom is 0.404 e. The Hall–Kier alpha value is -3.20. The lowest BCUT2D eigenvalue weighted by Gasteiger charge is -2.37. The zero-order chi connectivity index (χ0) is 26.2. The minimum Gasteiger partial charge on any atom is -0.465 e. The maximum atomic E-state index is 13.1. The van der Waals surface area contributed by atoms with E-state index >= 15 is 0 Å². The van der Waals surface area contributed by atoms with E-state index in [4.69, 9.17) is 26.2 Å². The third-order valence-corrected chi connectivity index (χ3v) is 7.54. The van der Waals surface area contributed by atoms with E-state index in [1.807, 2.05) is 26.8 Å². The van der Waals surface area contributed by atoms with Gasteiger partial charge in [-0.15, -0.1) is 0 Å². The van der Waals surface area contributed by atoms with Gasteiger partial charge in [0.1, 0.15) is 0 Å². The van der Waals surface area contributed by atoms with Gasteiger partial charge in [-0.25, -0.2) is 4.79 Å². The molecular weight excluding hydrogens is 486 g/mol. The van der Waals surface area contributed by atoms with Gasteiger partial charge in [-0.3, -0.25) is 9.59 Å². The molecule has 4 rings (SSSR count). The second-order valence-corrected chi connectivity index (χ2v) is 10.1. The van der Waals surface area contributed by atoms with Gasteiger partial charge in [0.05, 0.1) is 5.02 Å². The van der Waals surface area contributed by atoms with Crippen LogP contribution >= 0.6 is 11.6 Å². The molecule has 2 aromatic rings. The summed E-state index contributed by atoms with van der Waals surface area (Å²) in [6, 6.07) is 3.40. The number of hydrogen-bond acceptors (Lipinski definition) is 5. The number of halogens is 1. The van der Waals surface area contributed by atoms with Crippen LogP contribution in [0.15, 0.2) is 16.9 Å². The van der Waals surface area contributed by atoms with E-state index < -0.39 is 11.9 Å². The van der Waals surface area contributed by atoms with Crippen LogP contribution in [-0.2, 0) is 13.0 Å². The number of carbonyl (C=O) groups excluding carboxylic acids is 1. The van der Waals surface area contributed by atoms with E-state index in [-0.39, 0.29) is 35.0 Å². The molecule has 2 amide bonds. The fourth-order valence-corrected chi connectivity index (χ4v) is 5.48. The van der Waals surface area contributed by atoms with E-state index in [1.54, 1.807) is 13.0 Å². The van der Waals surface area contributed by atoms with Crippen molar-refractivity contribution in [1.29, 1.82) is 0 Å². The number of aromatic amines is 1. The van der Waals surface area contributed by atoms with Gasteiger partial charge >= 0.3 is 6.09 Å². The molecule has 36 heavy (non-hydrogen) atoms. The number of carboxylic acid groups (broad SMARTS) is 1. The molecule has 1 aromatic heterocycles. The number of aryl methyl sites for hydroxylation is 2. The van der Waals surface area contributed by atoms with E-state index in [0.29, 0.717) is 47.5 Å². The highest BCUT2D eigenvalue weighted by Crippen LogP contribution is 2.51. The molecule has 10 heteroatoms. The molecule has 1 aliphatic heterocycles. The van der Waals surface area contributed by atoms with Crippen LogP contribution in [0, 0.1) is 19.8 Å². The Morgan fingerprint density at radius 3 is 2.47 bits per heavy atom. The second kappa shape index (κ2) is 10.0. The Labute approximate surface area is 214 Å². The molecule has 1 aliphatic carbocycles. The monoisotopic (exact) mass is 517 g/mol. The average molecular weight is 518 g/mol. The number of H-pyrrole nitrogens is 1. The second-order valence-electron chi connectivity index (χ2n) is 9.73. The summed E-state index contributed by atoms with van der Waals surface area (Å²) < 4.78 is 12.5. The van der Waals surface area contributed by atoms with Crippen LogP contribution in [0.2, 0.25) is 5.02 Å². The Balaban J connectivity index is 1.50. The highest BCUT2D eigenvalue weighted by Gasteiger charge is 2.47. The summed E-state index contributed by atoms with van der Waals surface area (Å²) in [5, 5.41) is 14.6. The lowest BCUT2D eigenvalue weighted by atomic mass is 9.81. The number of hydrogen-bond donors (Lipinski definition) is 4. The van der Waals surface area contributed by atoms with Crippen LogP contribution in [0.4, 0.5) is 4.79 Å². The van der Waals surface area contributed by atoms with Gasteiger partial charge in [-0.2, -0.15) is 0 Å². The first-order valence-corrected chi connectivity index (χ1v) is 12.6. The first-order valence-electron chi connectivity index (χ1n) is 12.2. The maximum absolute atomic E-state index is 13.1. The topological polar surface area (TPSA) is 130 Å². The fraction of sp³-hybridized carbons (Fsp3) is 0.500. The number of benzene rings is 1. The predicted molar refractivity (Wildman–Crippen MR) is 135 cm³/mol. The van der Waals surface area contributed by atoms with Crippen molar-refractivity contribution < 1.29 is 24.2 Å². The highest BCUT2D eigenvalue weighted by molar-refractivity contribution is 6.33. The van der Waals surface area contributed by atoms with Gasteiger partial charge in [-0.05, 0) is 63.6 Å². The third kappa shape index (κ3) is 5.02. The van der Waals surface area contributed by atoms with Crippen molar-refractivity contribution in [2.75, 3.05) is 0 Å². The number of amides is 2. The summed E-state index contributed by atoms with van der Waals surface area (Å²) >= 11 is 6.53. The van der Waals surface area contributed by atoms with E-state index in [9.17, 15) is 14.4 Å². The summed E-state index contributed by atoms with van der Waals surface area (Å²) in [6.07, 6.45) is 2.49. The molecule has 1 unspecified atom stereocenters. The lowest BCUT2D eigenvalue weighted by Crippen LogP contribution is -2.47. The van der Waals surface area contributed by atoms with Gasteiger partial charge in [-0.1, -0.05) is 18.5 Å². The van der Waals surface area contributed by atoms with E-state index in [2.05, 4.69) is 15.6 Å². The van der Waals surface area contributed by atoms with Crippen LogP contribution in [0.5, 0.6) is 11.5 Å². The molecule has 1 fully saturated rings. The summed E-state index contributed by atoms with van der Waals surface area (Å²) in [7, 11) is 0. The molecule has 2 aliphatic rings. The smallest absolute Gasteiger partial charge is 0.404 e. The molecule has 0 spiro atoms.